The molecular weight excluding hydrogens is 264 g/mol. The number of halogens is 1. The van der Waals surface area contributed by atoms with E-state index in [0.717, 1.165) is 28.7 Å². The zero-order valence-corrected chi connectivity index (χ0v) is 10.2. The highest BCUT2D eigenvalue weighted by Gasteiger charge is 2.13. The molecular formula is C9H13BrN2OS. The molecule has 3 nitrogen and oxygen atoms in total. The maximum absolute atomic E-state index is 5.41. The molecule has 0 amide bonds. The van der Waals surface area contributed by atoms with Crippen LogP contribution in [0.5, 0.6) is 0 Å². The molecule has 1 fully saturated rings. The molecule has 0 saturated carbocycles. The minimum absolute atomic E-state index is 0.645. The first-order chi connectivity index (χ1) is 6.84. The molecule has 1 saturated heterocycles. The van der Waals surface area contributed by atoms with Gasteiger partial charge >= 0.3 is 0 Å². The van der Waals surface area contributed by atoms with E-state index in [0.29, 0.717) is 5.92 Å². The van der Waals surface area contributed by atoms with Crippen molar-refractivity contribution in [1.29, 1.82) is 0 Å². The van der Waals surface area contributed by atoms with Gasteiger partial charge in [-0.05, 0) is 34.7 Å². The van der Waals surface area contributed by atoms with Crippen molar-refractivity contribution in [2.24, 2.45) is 5.92 Å². The highest BCUT2D eigenvalue weighted by atomic mass is 79.9. The average molecular weight is 277 g/mol. The van der Waals surface area contributed by atoms with Crippen LogP contribution in [0.4, 0.5) is 5.13 Å². The molecule has 0 aliphatic carbocycles. The van der Waals surface area contributed by atoms with Crippen LogP contribution in [0.25, 0.3) is 0 Å². The number of nitrogens with zero attached hydrogens (tertiary/aromatic N) is 1. The van der Waals surface area contributed by atoms with Gasteiger partial charge in [0.25, 0.3) is 0 Å². The summed E-state index contributed by atoms with van der Waals surface area (Å²) < 4.78 is 6.48. The van der Waals surface area contributed by atoms with Crippen LogP contribution in [-0.2, 0) is 4.74 Å². The van der Waals surface area contributed by atoms with Gasteiger partial charge in [0.05, 0.1) is 16.6 Å². The van der Waals surface area contributed by atoms with Crippen molar-refractivity contribution in [2.45, 2.75) is 12.8 Å². The van der Waals surface area contributed by atoms with Crippen LogP contribution in [-0.4, -0.2) is 24.7 Å². The molecule has 1 aromatic heterocycles. The fraction of sp³-hybridized carbons (Fsp3) is 0.667. The smallest absolute Gasteiger partial charge is 0.183 e. The minimum atomic E-state index is 0.645. The second-order valence-corrected chi connectivity index (χ2v) is 5.84. The van der Waals surface area contributed by atoms with E-state index in [2.05, 4.69) is 26.2 Å². The average Bonchev–Trinajstić information content (AvgIpc) is 2.63. The van der Waals surface area contributed by atoms with E-state index in [9.17, 15) is 0 Å². The van der Waals surface area contributed by atoms with Crippen LogP contribution in [0.2, 0.25) is 0 Å². The van der Waals surface area contributed by atoms with E-state index in [1.54, 1.807) is 11.3 Å². The Balaban J connectivity index is 1.76. The topological polar surface area (TPSA) is 34.2 Å². The van der Waals surface area contributed by atoms with Crippen molar-refractivity contribution in [3.05, 3.63) is 9.98 Å². The van der Waals surface area contributed by atoms with Gasteiger partial charge in [-0.3, -0.25) is 0 Å². The lowest BCUT2D eigenvalue weighted by molar-refractivity contribution is 0.0595. The molecule has 0 spiro atoms. The van der Waals surface area contributed by atoms with Crippen LogP contribution in [0.15, 0.2) is 9.98 Å². The monoisotopic (exact) mass is 276 g/mol. The zero-order valence-electron chi connectivity index (χ0n) is 7.83. The Hall–Kier alpha value is -0.130. The molecule has 0 bridgehead atoms. The third kappa shape index (κ3) is 2.93. The van der Waals surface area contributed by atoms with Gasteiger partial charge in [0.2, 0.25) is 0 Å². The number of rotatable bonds is 3. The fourth-order valence-corrected chi connectivity index (χ4v) is 2.65. The predicted molar refractivity (Wildman–Crippen MR) is 61.8 cm³/mol. The van der Waals surface area contributed by atoms with Crippen LogP contribution >= 0.6 is 27.3 Å². The van der Waals surface area contributed by atoms with Gasteiger partial charge < -0.3 is 10.1 Å². The van der Waals surface area contributed by atoms with E-state index >= 15 is 0 Å². The molecule has 1 aliphatic heterocycles. The molecule has 5 heteroatoms. The SMILES string of the molecule is Brc1cnc(NCC2CCCOC2)s1. The Morgan fingerprint density at radius 2 is 2.64 bits per heavy atom. The largest absolute Gasteiger partial charge is 0.381 e. The molecule has 0 radical (unpaired) electrons. The summed E-state index contributed by atoms with van der Waals surface area (Å²) in [6.45, 7) is 2.79. The zero-order chi connectivity index (χ0) is 9.80. The van der Waals surface area contributed by atoms with Crippen molar-refractivity contribution in [1.82, 2.24) is 4.98 Å². The molecule has 1 aliphatic rings. The summed E-state index contributed by atoms with van der Waals surface area (Å²) in [6.07, 6.45) is 4.28. The summed E-state index contributed by atoms with van der Waals surface area (Å²) in [5.41, 5.74) is 0. The van der Waals surface area contributed by atoms with Gasteiger partial charge in [0, 0.05) is 13.2 Å². The molecule has 1 atom stereocenters. The number of ether oxygens (including phenoxy) is 1. The third-order valence-electron chi connectivity index (χ3n) is 2.27. The molecule has 2 rings (SSSR count). The van der Waals surface area contributed by atoms with Crippen molar-refractivity contribution in [2.75, 3.05) is 25.1 Å². The van der Waals surface area contributed by atoms with Gasteiger partial charge in [-0.25, -0.2) is 4.98 Å². The second kappa shape index (κ2) is 5.09. The number of nitrogens with one attached hydrogen (secondary N) is 1. The number of thiazole rings is 1. The van der Waals surface area contributed by atoms with Crippen LogP contribution in [0.3, 0.4) is 0 Å². The highest BCUT2D eigenvalue weighted by molar-refractivity contribution is 9.11. The first kappa shape index (κ1) is 10.4. The quantitative estimate of drug-likeness (QED) is 0.922. The summed E-state index contributed by atoms with van der Waals surface area (Å²) >= 11 is 5.02. The predicted octanol–water partition coefficient (Wildman–Crippen LogP) is 2.74. The van der Waals surface area contributed by atoms with E-state index in [1.807, 2.05) is 6.20 Å². The summed E-state index contributed by atoms with van der Waals surface area (Å²) in [4.78, 5) is 4.22. The van der Waals surface area contributed by atoms with Crippen molar-refractivity contribution >= 4 is 32.4 Å². The van der Waals surface area contributed by atoms with Crippen molar-refractivity contribution in [3.63, 3.8) is 0 Å². The maximum atomic E-state index is 5.41. The Morgan fingerprint density at radius 1 is 1.71 bits per heavy atom. The first-order valence-electron chi connectivity index (χ1n) is 4.77. The van der Waals surface area contributed by atoms with Crippen molar-refractivity contribution < 1.29 is 4.74 Å². The molecule has 78 valence electrons. The molecule has 14 heavy (non-hydrogen) atoms. The summed E-state index contributed by atoms with van der Waals surface area (Å²) in [5.74, 6) is 0.645. The normalized spacial score (nSPS) is 22.2. The Labute approximate surface area is 96.0 Å². The van der Waals surface area contributed by atoms with Gasteiger partial charge in [-0.15, -0.1) is 0 Å². The van der Waals surface area contributed by atoms with Gasteiger partial charge in [-0.1, -0.05) is 11.3 Å². The summed E-state index contributed by atoms with van der Waals surface area (Å²) in [6, 6.07) is 0. The number of anilines is 1. The molecule has 2 heterocycles. The van der Waals surface area contributed by atoms with Crippen LogP contribution in [0, 0.1) is 5.92 Å². The van der Waals surface area contributed by atoms with Gasteiger partial charge in [0.15, 0.2) is 5.13 Å². The van der Waals surface area contributed by atoms with Crippen LogP contribution in [0.1, 0.15) is 12.8 Å². The Kier molecular flexibility index (Phi) is 3.78. The minimum Gasteiger partial charge on any atom is -0.381 e. The third-order valence-corrected chi connectivity index (χ3v) is 3.71. The van der Waals surface area contributed by atoms with E-state index in [4.69, 9.17) is 4.74 Å². The molecule has 0 aromatic carbocycles. The standard InChI is InChI=1S/C9H13BrN2OS/c10-8-5-12-9(14-8)11-4-7-2-1-3-13-6-7/h5,7H,1-4,6H2,(H,11,12). The lowest BCUT2D eigenvalue weighted by atomic mass is 10.0. The lowest BCUT2D eigenvalue weighted by Crippen LogP contribution is -2.24. The number of hydrogen-bond donors (Lipinski definition) is 1. The number of hydrogen-bond acceptors (Lipinski definition) is 4. The second-order valence-electron chi connectivity index (χ2n) is 3.43. The van der Waals surface area contributed by atoms with E-state index in [1.165, 1.54) is 12.8 Å². The molecule has 1 unspecified atom stereocenters. The van der Waals surface area contributed by atoms with Crippen LogP contribution < -0.4 is 5.32 Å². The van der Waals surface area contributed by atoms with E-state index in [-0.39, 0.29) is 0 Å². The maximum Gasteiger partial charge on any atom is 0.183 e. The molecule has 1 aromatic rings. The molecule has 1 N–H and O–H groups in total. The van der Waals surface area contributed by atoms with E-state index < -0.39 is 0 Å². The van der Waals surface area contributed by atoms with Crippen molar-refractivity contribution in [3.8, 4) is 0 Å². The fourth-order valence-electron chi connectivity index (χ4n) is 1.54. The summed E-state index contributed by atoms with van der Waals surface area (Å²) in [7, 11) is 0. The highest BCUT2D eigenvalue weighted by Crippen LogP contribution is 2.24. The summed E-state index contributed by atoms with van der Waals surface area (Å²) in [5, 5.41) is 4.32. The van der Waals surface area contributed by atoms with Gasteiger partial charge in [0.1, 0.15) is 0 Å². The van der Waals surface area contributed by atoms with Gasteiger partial charge in [-0.2, -0.15) is 0 Å². The Morgan fingerprint density at radius 3 is 3.29 bits per heavy atom. The Bertz CT molecular complexity index is 286. The first-order valence-corrected chi connectivity index (χ1v) is 6.38. The number of aromatic nitrogens is 1. The lowest BCUT2D eigenvalue weighted by Gasteiger charge is -2.21.